The highest BCUT2D eigenvalue weighted by Gasteiger charge is 2.10. The highest BCUT2D eigenvalue weighted by molar-refractivity contribution is 8.00. The standard InChI is InChI=1S/C16H23N3O3S/c20-16(17-9-4-12-18-10-2-1-3-11-18)13-23-15-7-5-14(6-8-15)19(21)22/h5-8H,1-4,9-13H2,(H,17,20). The maximum Gasteiger partial charge on any atom is 0.269 e. The van der Waals surface area contributed by atoms with Crippen molar-refractivity contribution in [1.29, 1.82) is 0 Å². The fraction of sp³-hybridized carbons (Fsp3) is 0.562. The van der Waals surface area contributed by atoms with Crippen molar-refractivity contribution in [3.05, 3.63) is 34.4 Å². The minimum absolute atomic E-state index is 0.00648. The lowest BCUT2D eigenvalue weighted by Gasteiger charge is -2.26. The summed E-state index contributed by atoms with van der Waals surface area (Å²) >= 11 is 1.39. The molecule has 0 spiro atoms. The molecule has 6 nitrogen and oxygen atoms in total. The summed E-state index contributed by atoms with van der Waals surface area (Å²) in [6, 6.07) is 6.26. The molecular formula is C16H23N3O3S. The molecule has 1 N–H and O–H groups in total. The van der Waals surface area contributed by atoms with Gasteiger partial charge in [-0.15, -0.1) is 11.8 Å². The van der Waals surface area contributed by atoms with Gasteiger partial charge in [-0.3, -0.25) is 14.9 Å². The summed E-state index contributed by atoms with van der Waals surface area (Å²) in [5.41, 5.74) is 0.0662. The van der Waals surface area contributed by atoms with Crippen LogP contribution in [0.1, 0.15) is 25.7 Å². The molecule has 0 unspecified atom stereocenters. The second-order valence-electron chi connectivity index (χ2n) is 5.65. The van der Waals surface area contributed by atoms with Gasteiger partial charge in [-0.2, -0.15) is 0 Å². The van der Waals surface area contributed by atoms with Crippen LogP contribution in [-0.4, -0.2) is 47.7 Å². The number of non-ortho nitro benzene ring substituents is 1. The Morgan fingerprint density at radius 3 is 2.57 bits per heavy atom. The number of amides is 1. The first-order valence-electron chi connectivity index (χ1n) is 8.01. The predicted octanol–water partition coefficient (Wildman–Crippen LogP) is 2.68. The first-order chi connectivity index (χ1) is 11.1. The molecule has 1 fully saturated rings. The molecule has 7 heteroatoms. The zero-order valence-electron chi connectivity index (χ0n) is 13.2. The molecule has 0 radical (unpaired) electrons. The van der Waals surface area contributed by atoms with Crippen molar-refractivity contribution in [2.75, 3.05) is 31.9 Å². The molecule has 0 atom stereocenters. The molecule has 0 saturated carbocycles. The Balaban J connectivity index is 1.58. The zero-order chi connectivity index (χ0) is 16.5. The molecule has 0 bridgehead atoms. The minimum Gasteiger partial charge on any atom is -0.355 e. The highest BCUT2D eigenvalue weighted by Crippen LogP contribution is 2.21. The Bertz CT molecular complexity index is 516. The normalized spacial score (nSPS) is 15.3. The Morgan fingerprint density at radius 1 is 1.22 bits per heavy atom. The first-order valence-corrected chi connectivity index (χ1v) is 9.00. The number of nitro benzene ring substituents is 1. The average molecular weight is 337 g/mol. The van der Waals surface area contributed by atoms with Crippen molar-refractivity contribution in [3.8, 4) is 0 Å². The maximum absolute atomic E-state index is 11.8. The molecular weight excluding hydrogens is 314 g/mol. The van der Waals surface area contributed by atoms with E-state index in [1.165, 1.54) is 56.2 Å². The Hall–Kier alpha value is -1.60. The summed E-state index contributed by atoms with van der Waals surface area (Å²) in [4.78, 5) is 25.3. The summed E-state index contributed by atoms with van der Waals surface area (Å²) in [6.45, 7) is 4.12. The second kappa shape index (κ2) is 9.52. The molecule has 126 valence electrons. The van der Waals surface area contributed by atoms with E-state index in [0.717, 1.165) is 17.9 Å². The second-order valence-corrected chi connectivity index (χ2v) is 6.69. The number of piperidine rings is 1. The lowest BCUT2D eigenvalue weighted by atomic mass is 10.1. The van der Waals surface area contributed by atoms with Gasteiger partial charge in [-0.1, -0.05) is 6.42 Å². The van der Waals surface area contributed by atoms with Gasteiger partial charge in [-0.05, 0) is 51.0 Å². The van der Waals surface area contributed by atoms with Gasteiger partial charge in [-0.25, -0.2) is 0 Å². The maximum atomic E-state index is 11.8. The van der Waals surface area contributed by atoms with E-state index in [1.54, 1.807) is 12.1 Å². The summed E-state index contributed by atoms with van der Waals surface area (Å²) in [5.74, 6) is 0.341. The largest absolute Gasteiger partial charge is 0.355 e. The number of likely N-dealkylation sites (tertiary alicyclic amines) is 1. The fourth-order valence-electron chi connectivity index (χ4n) is 2.58. The van der Waals surface area contributed by atoms with Crippen LogP contribution in [0.25, 0.3) is 0 Å². The third-order valence-corrected chi connectivity index (χ3v) is 4.85. The molecule has 1 heterocycles. The van der Waals surface area contributed by atoms with Crippen molar-refractivity contribution < 1.29 is 9.72 Å². The predicted molar refractivity (Wildman–Crippen MR) is 91.7 cm³/mol. The Morgan fingerprint density at radius 2 is 1.91 bits per heavy atom. The van der Waals surface area contributed by atoms with Crippen molar-refractivity contribution in [2.45, 2.75) is 30.6 Å². The molecule has 23 heavy (non-hydrogen) atoms. The number of carbonyl (C=O) groups excluding carboxylic acids is 1. The topological polar surface area (TPSA) is 75.5 Å². The van der Waals surface area contributed by atoms with Crippen LogP contribution < -0.4 is 5.32 Å². The van der Waals surface area contributed by atoms with E-state index in [4.69, 9.17) is 0 Å². The van der Waals surface area contributed by atoms with E-state index in [2.05, 4.69) is 10.2 Å². The lowest BCUT2D eigenvalue weighted by Crippen LogP contribution is -2.33. The smallest absolute Gasteiger partial charge is 0.269 e. The van der Waals surface area contributed by atoms with Gasteiger partial charge < -0.3 is 10.2 Å². The number of nitro groups is 1. The number of nitrogens with one attached hydrogen (secondary N) is 1. The SMILES string of the molecule is O=C(CSc1ccc([N+](=O)[O-])cc1)NCCCN1CCCCC1. The van der Waals surface area contributed by atoms with Gasteiger partial charge in [0.05, 0.1) is 10.7 Å². The molecule has 1 aromatic carbocycles. The Labute approximate surface area is 140 Å². The number of hydrogen-bond donors (Lipinski definition) is 1. The summed E-state index contributed by atoms with van der Waals surface area (Å²) in [7, 11) is 0. The van der Waals surface area contributed by atoms with E-state index < -0.39 is 4.92 Å². The molecule has 0 aliphatic carbocycles. The third kappa shape index (κ3) is 6.58. The number of hydrogen-bond acceptors (Lipinski definition) is 5. The van der Waals surface area contributed by atoms with Crippen LogP contribution in [0, 0.1) is 10.1 Å². The van der Waals surface area contributed by atoms with Crippen molar-refractivity contribution in [3.63, 3.8) is 0 Å². The van der Waals surface area contributed by atoms with Crippen LogP contribution in [0.5, 0.6) is 0 Å². The minimum atomic E-state index is -0.427. The first kappa shape index (κ1) is 17.7. The highest BCUT2D eigenvalue weighted by atomic mass is 32.2. The van der Waals surface area contributed by atoms with E-state index in [0.29, 0.717) is 12.3 Å². The molecule has 2 rings (SSSR count). The van der Waals surface area contributed by atoms with E-state index in [-0.39, 0.29) is 11.6 Å². The molecule has 1 aliphatic heterocycles. The van der Waals surface area contributed by atoms with Crippen LogP contribution in [0.2, 0.25) is 0 Å². The average Bonchev–Trinajstić information content (AvgIpc) is 2.58. The van der Waals surface area contributed by atoms with Gasteiger partial charge in [0.15, 0.2) is 0 Å². The molecule has 1 saturated heterocycles. The van der Waals surface area contributed by atoms with Crippen molar-refractivity contribution in [1.82, 2.24) is 10.2 Å². The number of benzene rings is 1. The van der Waals surface area contributed by atoms with Gasteiger partial charge >= 0.3 is 0 Å². The van der Waals surface area contributed by atoms with Crippen molar-refractivity contribution in [2.24, 2.45) is 0 Å². The lowest BCUT2D eigenvalue weighted by molar-refractivity contribution is -0.384. The van der Waals surface area contributed by atoms with Crippen LogP contribution >= 0.6 is 11.8 Å². The molecule has 1 aromatic rings. The molecule has 0 aromatic heterocycles. The van der Waals surface area contributed by atoms with Gasteiger partial charge in [0.25, 0.3) is 5.69 Å². The Kier molecular flexibility index (Phi) is 7.35. The van der Waals surface area contributed by atoms with E-state index in [1.807, 2.05) is 0 Å². The molecule has 1 aliphatic rings. The third-order valence-electron chi connectivity index (χ3n) is 3.84. The van der Waals surface area contributed by atoms with Crippen molar-refractivity contribution >= 4 is 23.4 Å². The number of rotatable bonds is 8. The number of thioether (sulfide) groups is 1. The monoisotopic (exact) mass is 337 g/mol. The van der Waals surface area contributed by atoms with Crippen LogP contribution in [0.3, 0.4) is 0 Å². The molecule has 1 amide bonds. The van der Waals surface area contributed by atoms with Crippen LogP contribution in [-0.2, 0) is 4.79 Å². The van der Waals surface area contributed by atoms with Gasteiger partial charge in [0, 0.05) is 23.6 Å². The zero-order valence-corrected chi connectivity index (χ0v) is 14.0. The summed E-state index contributed by atoms with van der Waals surface area (Å²) < 4.78 is 0. The van der Waals surface area contributed by atoms with E-state index >= 15 is 0 Å². The van der Waals surface area contributed by atoms with E-state index in [9.17, 15) is 14.9 Å². The number of carbonyl (C=O) groups is 1. The van der Waals surface area contributed by atoms with Gasteiger partial charge in [0.2, 0.25) is 5.91 Å². The summed E-state index contributed by atoms with van der Waals surface area (Å²) in [5, 5.41) is 13.5. The van der Waals surface area contributed by atoms with Crippen LogP contribution in [0.15, 0.2) is 29.2 Å². The van der Waals surface area contributed by atoms with Crippen LogP contribution in [0.4, 0.5) is 5.69 Å². The quantitative estimate of drug-likeness (QED) is 0.342. The summed E-state index contributed by atoms with van der Waals surface area (Å²) in [6.07, 6.45) is 4.90. The van der Waals surface area contributed by atoms with Gasteiger partial charge in [0.1, 0.15) is 0 Å². The fourth-order valence-corrected chi connectivity index (χ4v) is 3.31. The number of nitrogens with zero attached hydrogens (tertiary/aromatic N) is 2.